The normalized spacial score (nSPS) is 14.8. The fourth-order valence-electron chi connectivity index (χ4n) is 0.486. The van der Waals surface area contributed by atoms with Crippen LogP contribution >= 0.6 is 11.8 Å². The van der Waals surface area contributed by atoms with Crippen molar-refractivity contribution in [2.75, 3.05) is 12.0 Å². The summed E-state index contributed by atoms with van der Waals surface area (Å²) in [5.74, 6) is -2.49. The molecule has 12 heavy (non-hydrogen) atoms. The van der Waals surface area contributed by atoms with Crippen LogP contribution in [0.2, 0.25) is 0 Å². The number of aliphatic carboxylic acids is 1. The van der Waals surface area contributed by atoms with Crippen LogP contribution in [-0.4, -0.2) is 40.7 Å². The van der Waals surface area contributed by atoms with E-state index in [-0.39, 0.29) is 12.0 Å². The summed E-state index contributed by atoms with van der Waals surface area (Å²) in [6.45, 7) is 0. The van der Waals surface area contributed by atoms with Gasteiger partial charge >= 0.3 is 5.97 Å². The minimum Gasteiger partial charge on any atom is -0.479 e. The number of carbonyl (C=O) groups is 3. The summed E-state index contributed by atoms with van der Waals surface area (Å²) in [5, 5.41) is 8.44. The lowest BCUT2D eigenvalue weighted by atomic mass is 9.99. The largest absolute Gasteiger partial charge is 0.479 e. The average molecular weight is 191 g/mol. The molecule has 0 aromatic rings. The van der Waals surface area contributed by atoms with Gasteiger partial charge in [-0.15, -0.1) is 0 Å². The van der Waals surface area contributed by atoms with Crippen molar-refractivity contribution in [3.8, 4) is 0 Å². The number of carbonyl (C=O) groups excluding carboxylic acids is 2. The van der Waals surface area contributed by atoms with Crippen molar-refractivity contribution in [2.45, 2.75) is 5.54 Å². The van der Waals surface area contributed by atoms with Gasteiger partial charge in [-0.25, -0.2) is 4.79 Å². The summed E-state index contributed by atoms with van der Waals surface area (Å²) in [6, 6.07) is 0. The van der Waals surface area contributed by atoms with Crippen molar-refractivity contribution >= 4 is 29.8 Å². The standard InChI is InChI=1S/C6H9NO4S/c1-12-2-4(9)6(7,3-8)5(10)11/h3H,2,7H2,1H3,(H,10,11). The molecule has 0 bridgehead atoms. The van der Waals surface area contributed by atoms with Gasteiger partial charge in [0.2, 0.25) is 5.54 Å². The number of carboxylic acid groups (broad SMARTS) is 1. The molecule has 0 radical (unpaired) electrons. The fraction of sp³-hybridized carbons (Fsp3) is 0.500. The number of Topliss-reactive ketones (excluding diaryl/α,β-unsaturated/α-hetero) is 1. The molecule has 0 aliphatic rings. The van der Waals surface area contributed by atoms with Crippen LogP contribution in [0.4, 0.5) is 0 Å². The van der Waals surface area contributed by atoms with Crippen LogP contribution in [0.25, 0.3) is 0 Å². The first kappa shape index (κ1) is 11.1. The molecular formula is C6H9NO4S. The second-order valence-corrected chi connectivity index (χ2v) is 3.01. The molecular weight excluding hydrogens is 182 g/mol. The summed E-state index contributed by atoms with van der Waals surface area (Å²) in [7, 11) is 0. The molecule has 0 aliphatic heterocycles. The molecule has 1 atom stereocenters. The van der Waals surface area contributed by atoms with E-state index < -0.39 is 17.3 Å². The quantitative estimate of drug-likeness (QED) is 0.423. The number of thioether (sulfide) groups is 1. The number of hydrogen-bond donors (Lipinski definition) is 2. The van der Waals surface area contributed by atoms with Gasteiger partial charge in [0.05, 0.1) is 5.75 Å². The Kier molecular flexibility index (Phi) is 3.91. The molecule has 68 valence electrons. The summed E-state index contributed by atoms with van der Waals surface area (Å²) in [4.78, 5) is 31.6. The zero-order valence-corrected chi connectivity index (χ0v) is 7.26. The van der Waals surface area contributed by atoms with Crippen LogP contribution in [0.15, 0.2) is 0 Å². The number of ketones is 1. The number of nitrogens with two attached hydrogens (primary N) is 1. The van der Waals surface area contributed by atoms with Crippen molar-refractivity contribution in [2.24, 2.45) is 5.73 Å². The highest BCUT2D eigenvalue weighted by molar-refractivity contribution is 7.99. The van der Waals surface area contributed by atoms with Crippen molar-refractivity contribution < 1.29 is 19.5 Å². The molecule has 0 saturated heterocycles. The topological polar surface area (TPSA) is 97.5 Å². The van der Waals surface area contributed by atoms with E-state index in [1.807, 2.05) is 0 Å². The van der Waals surface area contributed by atoms with Crippen LogP contribution < -0.4 is 5.73 Å². The van der Waals surface area contributed by atoms with E-state index in [2.05, 4.69) is 0 Å². The van der Waals surface area contributed by atoms with E-state index in [1.54, 1.807) is 6.26 Å². The Balaban J connectivity index is 4.63. The monoisotopic (exact) mass is 191 g/mol. The summed E-state index contributed by atoms with van der Waals surface area (Å²) in [6.07, 6.45) is 1.57. The first-order valence-corrected chi connectivity index (χ1v) is 4.39. The molecule has 3 N–H and O–H groups in total. The molecule has 0 heterocycles. The van der Waals surface area contributed by atoms with Crippen molar-refractivity contribution in [1.82, 2.24) is 0 Å². The second-order valence-electron chi connectivity index (χ2n) is 2.15. The Morgan fingerprint density at radius 3 is 2.42 bits per heavy atom. The molecule has 0 fully saturated rings. The van der Waals surface area contributed by atoms with Crippen LogP contribution in [0, 0.1) is 0 Å². The third-order valence-electron chi connectivity index (χ3n) is 1.28. The van der Waals surface area contributed by atoms with Gasteiger partial charge in [-0.2, -0.15) is 11.8 Å². The number of rotatable bonds is 5. The molecule has 6 heteroatoms. The van der Waals surface area contributed by atoms with E-state index in [9.17, 15) is 14.4 Å². The van der Waals surface area contributed by atoms with Gasteiger partial charge in [0.25, 0.3) is 0 Å². The highest BCUT2D eigenvalue weighted by Gasteiger charge is 2.41. The van der Waals surface area contributed by atoms with Gasteiger partial charge in [-0.3, -0.25) is 4.79 Å². The van der Waals surface area contributed by atoms with Gasteiger partial charge in [-0.1, -0.05) is 0 Å². The second kappa shape index (κ2) is 4.22. The summed E-state index contributed by atoms with van der Waals surface area (Å²) >= 11 is 1.12. The first-order valence-electron chi connectivity index (χ1n) is 3.00. The highest BCUT2D eigenvalue weighted by atomic mass is 32.2. The minimum absolute atomic E-state index is 0.0477. The minimum atomic E-state index is -2.37. The molecule has 0 saturated carbocycles. The number of hydrogen-bond acceptors (Lipinski definition) is 5. The van der Waals surface area contributed by atoms with Crippen molar-refractivity contribution in [3.63, 3.8) is 0 Å². The summed E-state index contributed by atoms with van der Waals surface area (Å²) in [5.41, 5.74) is 2.67. The Hall–Kier alpha value is -0.880. The van der Waals surface area contributed by atoms with Crippen molar-refractivity contribution in [3.05, 3.63) is 0 Å². The SMILES string of the molecule is CSCC(=O)C(N)(C=O)C(=O)O. The fourth-order valence-corrected chi connectivity index (χ4v) is 0.987. The maximum atomic E-state index is 11.0. The predicted octanol–water partition coefficient (Wildman–Crippen LogP) is -1.10. The van der Waals surface area contributed by atoms with Gasteiger partial charge in [-0.05, 0) is 6.26 Å². The zero-order chi connectivity index (χ0) is 9.78. The van der Waals surface area contributed by atoms with E-state index in [0.29, 0.717) is 0 Å². The predicted molar refractivity (Wildman–Crippen MR) is 44.0 cm³/mol. The third kappa shape index (κ3) is 2.05. The highest BCUT2D eigenvalue weighted by Crippen LogP contribution is 2.04. The van der Waals surface area contributed by atoms with Crippen LogP contribution in [0.3, 0.4) is 0 Å². The van der Waals surface area contributed by atoms with Crippen LogP contribution in [0.1, 0.15) is 0 Å². The Bertz CT molecular complexity index is 218. The Morgan fingerprint density at radius 1 is 1.67 bits per heavy atom. The molecule has 0 rings (SSSR count). The smallest absolute Gasteiger partial charge is 0.339 e. The maximum absolute atomic E-state index is 11.0. The average Bonchev–Trinajstić information content (AvgIpc) is 2.03. The van der Waals surface area contributed by atoms with Crippen LogP contribution in [-0.2, 0) is 14.4 Å². The first-order chi connectivity index (χ1) is 5.49. The third-order valence-corrected chi connectivity index (χ3v) is 1.83. The van der Waals surface area contributed by atoms with E-state index in [1.165, 1.54) is 0 Å². The van der Waals surface area contributed by atoms with Crippen molar-refractivity contribution in [1.29, 1.82) is 0 Å². The zero-order valence-electron chi connectivity index (χ0n) is 6.44. The number of carboxylic acids is 1. The molecule has 0 spiro atoms. The Labute approximate surface area is 73.3 Å². The Morgan fingerprint density at radius 2 is 2.17 bits per heavy atom. The van der Waals surface area contributed by atoms with E-state index in [4.69, 9.17) is 10.8 Å². The molecule has 0 aromatic carbocycles. The lowest BCUT2D eigenvalue weighted by Crippen LogP contribution is -2.57. The summed E-state index contributed by atoms with van der Waals surface area (Å²) < 4.78 is 0. The van der Waals surface area contributed by atoms with Gasteiger partial charge in [0, 0.05) is 0 Å². The molecule has 0 amide bonds. The molecule has 0 aliphatic carbocycles. The lowest BCUT2D eigenvalue weighted by Gasteiger charge is -2.14. The van der Waals surface area contributed by atoms with Gasteiger partial charge in [0.15, 0.2) is 12.1 Å². The maximum Gasteiger partial charge on any atom is 0.339 e. The van der Waals surface area contributed by atoms with E-state index >= 15 is 0 Å². The van der Waals surface area contributed by atoms with Crippen LogP contribution in [0.5, 0.6) is 0 Å². The number of aldehydes is 1. The lowest BCUT2D eigenvalue weighted by molar-refractivity contribution is -0.149. The van der Waals surface area contributed by atoms with E-state index in [0.717, 1.165) is 11.8 Å². The molecule has 0 aromatic heterocycles. The van der Waals surface area contributed by atoms with Gasteiger partial charge in [0.1, 0.15) is 0 Å². The molecule has 5 nitrogen and oxygen atoms in total. The van der Waals surface area contributed by atoms with Gasteiger partial charge < -0.3 is 15.6 Å². The molecule has 1 unspecified atom stereocenters.